The van der Waals surface area contributed by atoms with Gasteiger partial charge in [-0.05, 0) is 41.3 Å². The van der Waals surface area contributed by atoms with Crippen LogP contribution in [0.5, 0.6) is 0 Å². The molecule has 0 aliphatic carbocycles. The number of nitrogens with one attached hydrogen (secondary N) is 3. The van der Waals surface area contributed by atoms with Crippen LogP contribution in [0.15, 0.2) is 22.9 Å². The van der Waals surface area contributed by atoms with Gasteiger partial charge in [-0.25, -0.2) is 0 Å². The second-order valence-electron chi connectivity index (χ2n) is 7.82. The molecule has 0 unspecified atom stereocenters. The minimum absolute atomic E-state index is 0.0279. The summed E-state index contributed by atoms with van der Waals surface area (Å²) in [6, 6.07) is 0.527. The van der Waals surface area contributed by atoms with Crippen molar-refractivity contribution >= 4 is 46.8 Å². The highest BCUT2D eigenvalue weighted by Gasteiger charge is 2.46. The van der Waals surface area contributed by atoms with Crippen LogP contribution in [0.1, 0.15) is 39.7 Å². The molecule has 1 saturated heterocycles. The highest BCUT2D eigenvalue weighted by atomic mass is 32.1. The predicted octanol–water partition coefficient (Wildman–Crippen LogP) is 1.27. The Kier molecular flexibility index (Phi) is 8.05. The SMILES string of the molecule is CC(C)[C@H](NC(=O)C[C@@H](C)NC(=O)/C=C/c1ccsc1)C(=O)[C@@H]1C(=O)NC(=O)[C@H]1C. The molecule has 4 amide bonds. The molecule has 3 N–H and O–H groups in total. The lowest BCUT2D eigenvalue weighted by Crippen LogP contribution is -2.50. The quantitative estimate of drug-likeness (QED) is 0.308. The molecule has 1 aliphatic rings. The summed E-state index contributed by atoms with van der Waals surface area (Å²) in [5.74, 6) is -4.49. The first-order chi connectivity index (χ1) is 14.1. The number of amides is 4. The molecule has 162 valence electrons. The molecule has 1 aromatic heterocycles. The van der Waals surface area contributed by atoms with Gasteiger partial charge < -0.3 is 10.6 Å². The van der Waals surface area contributed by atoms with Crippen LogP contribution in [-0.4, -0.2) is 41.5 Å². The molecule has 2 rings (SSSR count). The van der Waals surface area contributed by atoms with Crippen LogP contribution in [0.2, 0.25) is 0 Å². The molecular weight excluding hydrogens is 406 g/mol. The number of hydrogen-bond donors (Lipinski definition) is 3. The van der Waals surface area contributed by atoms with Gasteiger partial charge in [-0.2, -0.15) is 11.3 Å². The summed E-state index contributed by atoms with van der Waals surface area (Å²) in [7, 11) is 0. The van der Waals surface area contributed by atoms with Crippen molar-refractivity contribution in [2.75, 3.05) is 0 Å². The Morgan fingerprint density at radius 1 is 1.17 bits per heavy atom. The van der Waals surface area contributed by atoms with Crippen LogP contribution in [0.4, 0.5) is 0 Å². The van der Waals surface area contributed by atoms with Gasteiger partial charge in [-0.15, -0.1) is 0 Å². The van der Waals surface area contributed by atoms with E-state index in [1.807, 2.05) is 16.8 Å². The molecule has 0 aromatic carbocycles. The molecule has 1 aliphatic heterocycles. The van der Waals surface area contributed by atoms with Gasteiger partial charge in [0.1, 0.15) is 5.92 Å². The zero-order chi connectivity index (χ0) is 22.4. The first kappa shape index (κ1) is 23.5. The van der Waals surface area contributed by atoms with Crippen LogP contribution >= 0.6 is 11.3 Å². The van der Waals surface area contributed by atoms with E-state index in [1.54, 1.807) is 26.8 Å². The standard InChI is InChI=1S/C21H27N3O5S/c1-11(2)18(19(27)17-13(4)20(28)24-21(17)29)23-16(26)9-12(3)22-15(25)6-5-14-7-8-30-10-14/h5-8,10-13,17-18H,9H2,1-4H3,(H,22,25)(H,23,26)(H,24,28,29)/b6-5+/t12-,13+,17-,18+/m1/s1. The van der Waals surface area contributed by atoms with Crippen LogP contribution < -0.4 is 16.0 Å². The Morgan fingerprint density at radius 3 is 2.40 bits per heavy atom. The minimum Gasteiger partial charge on any atom is -0.350 e. The van der Waals surface area contributed by atoms with E-state index in [4.69, 9.17) is 0 Å². The Morgan fingerprint density at radius 2 is 1.87 bits per heavy atom. The smallest absolute Gasteiger partial charge is 0.244 e. The van der Waals surface area contributed by atoms with Crippen molar-refractivity contribution in [1.82, 2.24) is 16.0 Å². The van der Waals surface area contributed by atoms with E-state index in [1.165, 1.54) is 24.3 Å². The maximum atomic E-state index is 12.8. The summed E-state index contributed by atoms with van der Waals surface area (Å²) in [6.07, 6.45) is 3.05. The minimum atomic E-state index is -1.11. The highest BCUT2D eigenvalue weighted by molar-refractivity contribution is 7.08. The molecule has 1 fully saturated rings. The van der Waals surface area contributed by atoms with Crippen LogP contribution in [-0.2, 0) is 24.0 Å². The van der Waals surface area contributed by atoms with Gasteiger partial charge in [0.05, 0.1) is 12.0 Å². The van der Waals surface area contributed by atoms with Gasteiger partial charge in [0.25, 0.3) is 0 Å². The maximum Gasteiger partial charge on any atom is 0.244 e. The van der Waals surface area contributed by atoms with Crippen molar-refractivity contribution in [3.05, 3.63) is 28.5 Å². The topological polar surface area (TPSA) is 121 Å². The third-order valence-electron chi connectivity index (χ3n) is 4.89. The molecule has 4 atom stereocenters. The lowest BCUT2D eigenvalue weighted by atomic mass is 9.85. The van der Waals surface area contributed by atoms with Crippen molar-refractivity contribution < 1.29 is 24.0 Å². The molecule has 1 aromatic rings. The molecular formula is C21H27N3O5S. The van der Waals surface area contributed by atoms with E-state index in [-0.39, 0.29) is 18.2 Å². The number of ketones is 1. The van der Waals surface area contributed by atoms with E-state index >= 15 is 0 Å². The molecule has 0 radical (unpaired) electrons. The van der Waals surface area contributed by atoms with Gasteiger partial charge in [-0.1, -0.05) is 20.8 Å². The van der Waals surface area contributed by atoms with E-state index in [0.29, 0.717) is 0 Å². The average Bonchev–Trinajstić information content (AvgIpc) is 3.25. The normalized spacial score (nSPS) is 20.8. The third kappa shape index (κ3) is 6.09. The summed E-state index contributed by atoms with van der Waals surface area (Å²) in [5, 5.41) is 11.3. The number of rotatable bonds is 9. The highest BCUT2D eigenvalue weighted by Crippen LogP contribution is 2.23. The Hall–Kier alpha value is -2.81. The first-order valence-corrected chi connectivity index (χ1v) is 10.7. The molecule has 9 heteroatoms. The number of thiophene rings is 1. The average molecular weight is 434 g/mol. The first-order valence-electron chi connectivity index (χ1n) is 9.78. The van der Waals surface area contributed by atoms with Crippen LogP contribution in [0, 0.1) is 17.8 Å². The van der Waals surface area contributed by atoms with E-state index < -0.39 is 47.4 Å². The van der Waals surface area contributed by atoms with Gasteiger partial charge in [0.15, 0.2) is 5.78 Å². The second-order valence-corrected chi connectivity index (χ2v) is 8.60. The summed E-state index contributed by atoms with van der Waals surface area (Å²) < 4.78 is 0. The Bertz CT molecular complexity index is 847. The summed E-state index contributed by atoms with van der Waals surface area (Å²) >= 11 is 1.53. The fraction of sp³-hybridized carbons (Fsp3) is 0.476. The van der Waals surface area contributed by atoms with Crippen molar-refractivity contribution in [2.24, 2.45) is 17.8 Å². The van der Waals surface area contributed by atoms with Crippen LogP contribution in [0.25, 0.3) is 6.08 Å². The van der Waals surface area contributed by atoms with E-state index in [2.05, 4.69) is 16.0 Å². The van der Waals surface area contributed by atoms with Gasteiger partial charge in [0, 0.05) is 18.5 Å². The van der Waals surface area contributed by atoms with Crippen molar-refractivity contribution in [1.29, 1.82) is 0 Å². The third-order valence-corrected chi connectivity index (χ3v) is 5.59. The molecule has 0 bridgehead atoms. The van der Waals surface area contributed by atoms with Gasteiger partial charge in [-0.3, -0.25) is 29.3 Å². The predicted molar refractivity (Wildman–Crippen MR) is 113 cm³/mol. The summed E-state index contributed by atoms with van der Waals surface area (Å²) in [5.41, 5.74) is 0.919. The maximum absolute atomic E-state index is 12.8. The lowest BCUT2D eigenvalue weighted by molar-refractivity contribution is -0.137. The largest absolute Gasteiger partial charge is 0.350 e. The number of Topliss-reactive ketones (excluding diaryl/α,β-unsaturated/α-hetero) is 1. The number of carbonyl (C=O) groups excluding carboxylic acids is 5. The zero-order valence-corrected chi connectivity index (χ0v) is 18.2. The fourth-order valence-corrected chi connectivity index (χ4v) is 3.85. The summed E-state index contributed by atoms with van der Waals surface area (Å²) in [4.78, 5) is 60.9. The van der Waals surface area contributed by atoms with E-state index in [9.17, 15) is 24.0 Å². The molecule has 30 heavy (non-hydrogen) atoms. The molecule has 8 nitrogen and oxygen atoms in total. The second kappa shape index (κ2) is 10.3. The number of carbonyl (C=O) groups is 5. The van der Waals surface area contributed by atoms with Crippen molar-refractivity contribution in [3.63, 3.8) is 0 Å². The van der Waals surface area contributed by atoms with Gasteiger partial charge in [0.2, 0.25) is 23.6 Å². The number of imide groups is 1. The van der Waals surface area contributed by atoms with Crippen LogP contribution in [0.3, 0.4) is 0 Å². The Balaban J connectivity index is 1.91. The zero-order valence-electron chi connectivity index (χ0n) is 17.4. The van der Waals surface area contributed by atoms with Crippen molar-refractivity contribution in [3.8, 4) is 0 Å². The lowest BCUT2D eigenvalue weighted by Gasteiger charge is -2.25. The fourth-order valence-electron chi connectivity index (χ4n) is 3.22. The van der Waals surface area contributed by atoms with Crippen molar-refractivity contribution in [2.45, 2.75) is 46.2 Å². The monoisotopic (exact) mass is 433 g/mol. The molecule has 0 spiro atoms. The molecule has 2 heterocycles. The number of hydrogen-bond acceptors (Lipinski definition) is 6. The summed E-state index contributed by atoms with van der Waals surface area (Å²) in [6.45, 7) is 6.71. The van der Waals surface area contributed by atoms with Gasteiger partial charge >= 0.3 is 0 Å². The Labute approximate surface area is 179 Å². The van der Waals surface area contributed by atoms with E-state index in [0.717, 1.165) is 5.56 Å². The molecule has 0 saturated carbocycles.